The Morgan fingerprint density at radius 3 is 3.00 bits per heavy atom. The predicted octanol–water partition coefficient (Wildman–Crippen LogP) is 3.62. The van der Waals surface area contributed by atoms with Gasteiger partial charge in [-0.3, -0.25) is 4.98 Å². The number of nitrogens with one attached hydrogen (secondary N) is 1. The summed E-state index contributed by atoms with van der Waals surface area (Å²) in [5.41, 5.74) is 2.46. The number of carbonyl (C=O) groups excluding carboxylic acids is 1. The molecule has 0 aromatic carbocycles. The number of likely N-dealkylation sites (tertiary alicyclic amines) is 1. The van der Waals surface area contributed by atoms with Crippen molar-refractivity contribution in [2.75, 3.05) is 6.54 Å². The molecule has 1 N–H and O–H groups in total. The summed E-state index contributed by atoms with van der Waals surface area (Å²) in [4.78, 5) is 18.6. The van der Waals surface area contributed by atoms with Crippen LogP contribution in [0.2, 0.25) is 0 Å². The Hall–Kier alpha value is -1.88. The van der Waals surface area contributed by atoms with E-state index in [2.05, 4.69) is 34.1 Å². The molecular weight excluding hydrogens is 294 g/mol. The Bertz CT molecular complexity index is 600. The first kappa shape index (κ1) is 15.0. The van der Waals surface area contributed by atoms with Crippen molar-refractivity contribution >= 4 is 17.4 Å². The Kier molecular flexibility index (Phi) is 4.73. The maximum absolute atomic E-state index is 12.6. The summed E-state index contributed by atoms with van der Waals surface area (Å²) < 4.78 is 0. The summed E-state index contributed by atoms with van der Waals surface area (Å²) in [6, 6.07) is 6.48. The molecule has 116 valence electrons. The van der Waals surface area contributed by atoms with Gasteiger partial charge in [0.25, 0.3) is 0 Å². The monoisotopic (exact) mass is 315 g/mol. The third-order valence-corrected chi connectivity index (χ3v) is 4.83. The zero-order chi connectivity index (χ0) is 15.4. The smallest absolute Gasteiger partial charge is 0.318 e. The van der Waals surface area contributed by atoms with Crippen LogP contribution in [0.4, 0.5) is 4.79 Å². The number of hydrogen-bond donors (Lipinski definition) is 1. The Balaban J connectivity index is 1.61. The maximum atomic E-state index is 12.6. The van der Waals surface area contributed by atoms with Gasteiger partial charge in [0.2, 0.25) is 0 Å². The van der Waals surface area contributed by atoms with Gasteiger partial charge in [-0.05, 0) is 66.3 Å². The number of rotatable bonds is 4. The Labute approximate surface area is 135 Å². The number of carbonyl (C=O) groups is 1. The van der Waals surface area contributed by atoms with Gasteiger partial charge in [-0.2, -0.15) is 11.3 Å². The van der Waals surface area contributed by atoms with Gasteiger partial charge in [0.1, 0.15) is 0 Å². The van der Waals surface area contributed by atoms with Crippen molar-refractivity contribution in [2.24, 2.45) is 0 Å². The molecule has 0 radical (unpaired) electrons. The minimum absolute atomic E-state index is 0.0436. The molecule has 2 aromatic heterocycles. The fraction of sp³-hybridized carbons (Fsp3) is 0.412. The zero-order valence-electron chi connectivity index (χ0n) is 12.7. The molecule has 1 aliphatic rings. The topological polar surface area (TPSA) is 45.2 Å². The standard InChI is InChI=1S/C17H21N3OS/c1-13(11-14-6-10-22-12-14)19-17(21)20-9-2-3-16(20)15-4-7-18-8-5-15/h4-8,10,12-13,16H,2-3,9,11H2,1H3,(H,19,21)/t13-,16+/m0/s1. The maximum Gasteiger partial charge on any atom is 0.318 e. The van der Waals surface area contributed by atoms with Crippen molar-refractivity contribution in [2.45, 2.75) is 38.3 Å². The minimum Gasteiger partial charge on any atom is -0.335 e. The van der Waals surface area contributed by atoms with Gasteiger partial charge in [0.05, 0.1) is 6.04 Å². The van der Waals surface area contributed by atoms with Crippen LogP contribution < -0.4 is 5.32 Å². The fourth-order valence-electron chi connectivity index (χ4n) is 3.05. The number of nitrogens with zero attached hydrogens (tertiary/aromatic N) is 2. The van der Waals surface area contributed by atoms with Crippen LogP contribution in [-0.4, -0.2) is 28.5 Å². The summed E-state index contributed by atoms with van der Waals surface area (Å²) in [5.74, 6) is 0. The fourth-order valence-corrected chi connectivity index (χ4v) is 3.73. The van der Waals surface area contributed by atoms with E-state index in [0.29, 0.717) is 0 Å². The van der Waals surface area contributed by atoms with E-state index >= 15 is 0 Å². The van der Waals surface area contributed by atoms with Crippen LogP contribution in [0.25, 0.3) is 0 Å². The molecule has 1 aliphatic heterocycles. The van der Waals surface area contributed by atoms with Gasteiger partial charge in [0.15, 0.2) is 0 Å². The average Bonchev–Trinajstić information content (AvgIpc) is 3.18. The van der Waals surface area contributed by atoms with Gasteiger partial charge < -0.3 is 10.2 Å². The second-order valence-electron chi connectivity index (χ2n) is 5.82. The predicted molar refractivity (Wildman–Crippen MR) is 88.9 cm³/mol. The second kappa shape index (κ2) is 6.92. The first-order valence-electron chi connectivity index (χ1n) is 7.72. The number of thiophene rings is 1. The van der Waals surface area contributed by atoms with E-state index in [-0.39, 0.29) is 18.1 Å². The van der Waals surface area contributed by atoms with E-state index in [1.54, 1.807) is 23.7 Å². The van der Waals surface area contributed by atoms with E-state index in [1.165, 1.54) is 11.1 Å². The lowest BCUT2D eigenvalue weighted by atomic mass is 10.1. The van der Waals surface area contributed by atoms with E-state index in [9.17, 15) is 4.79 Å². The van der Waals surface area contributed by atoms with Gasteiger partial charge >= 0.3 is 6.03 Å². The van der Waals surface area contributed by atoms with Gasteiger partial charge in [-0.15, -0.1) is 0 Å². The minimum atomic E-state index is 0.0436. The molecule has 1 fully saturated rings. The largest absolute Gasteiger partial charge is 0.335 e. The summed E-state index contributed by atoms with van der Waals surface area (Å²) >= 11 is 1.69. The van der Waals surface area contributed by atoms with Crippen LogP contribution in [0.5, 0.6) is 0 Å². The average molecular weight is 315 g/mol. The molecule has 2 aromatic rings. The van der Waals surface area contributed by atoms with Gasteiger partial charge in [-0.25, -0.2) is 4.79 Å². The third kappa shape index (κ3) is 3.47. The number of pyridine rings is 1. The number of hydrogen-bond acceptors (Lipinski definition) is 3. The molecule has 1 saturated heterocycles. The SMILES string of the molecule is C[C@@H](Cc1ccsc1)NC(=O)N1CCC[C@@H]1c1ccncc1. The lowest BCUT2D eigenvalue weighted by molar-refractivity contribution is 0.189. The van der Waals surface area contributed by atoms with Crippen molar-refractivity contribution in [1.29, 1.82) is 0 Å². The van der Waals surface area contributed by atoms with Crippen LogP contribution in [0.1, 0.15) is 36.9 Å². The molecule has 0 bridgehead atoms. The highest BCUT2D eigenvalue weighted by atomic mass is 32.1. The first-order valence-corrected chi connectivity index (χ1v) is 8.66. The highest BCUT2D eigenvalue weighted by Gasteiger charge is 2.30. The van der Waals surface area contributed by atoms with Crippen molar-refractivity contribution in [3.8, 4) is 0 Å². The molecule has 0 saturated carbocycles. The van der Waals surface area contributed by atoms with Gasteiger partial charge in [-0.1, -0.05) is 0 Å². The molecule has 0 unspecified atom stereocenters. The normalized spacial score (nSPS) is 19.1. The zero-order valence-corrected chi connectivity index (χ0v) is 13.6. The quantitative estimate of drug-likeness (QED) is 0.936. The molecule has 22 heavy (non-hydrogen) atoms. The Morgan fingerprint density at radius 2 is 2.27 bits per heavy atom. The molecule has 0 aliphatic carbocycles. The van der Waals surface area contributed by atoms with E-state index in [1.807, 2.05) is 17.0 Å². The molecule has 4 nitrogen and oxygen atoms in total. The molecule has 2 atom stereocenters. The van der Waals surface area contributed by atoms with Gasteiger partial charge in [0, 0.05) is 25.0 Å². The Morgan fingerprint density at radius 1 is 1.45 bits per heavy atom. The van der Waals surface area contributed by atoms with Crippen LogP contribution in [0.3, 0.4) is 0 Å². The van der Waals surface area contributed by atoms with Crippen LogP contribution >= 0.6 is 11.3 Å². The summed E-state index contributed by atoms with van der Waals surface area (Å²) in [7, 11) is 0. The lowest BCUT2D eigenvalue weighted by Crippen LogP contribution is -2.44. The molecule has 5 heteroatoms. The van der Waals surface area contributed by atoms with Crippen LogP contribution in [0.15, 0.2) is 41.4 Å². The summed E-state index contributed by atoms with van der Waals surface area (Å²) in [6.45, 7) is 2.89. The highest BCUT2D eigenvalue weighted by molar-refractivity contribution is 7.07. The van der Waals surface area contributed by atoms with E-state index in [4.69, 9.17) is 0 Å². The van der Waals surface area contributed by atoms with E-state index < -0.39 is 0 Å². The molecule has 0 spiro atoms. The molecule has 2 amide bonds. The van der Waals surface area contributed by atoms with Crippen molar-refractivity contribution in [3.63, 3.8) is 0 Å². The number of urea groups is 1. The van der Waals surface area contributed by atoms with E-state index in [0.717, 1.165) is 25.8 Å². The highest BCUT2D eigenvalue weighted by Crippen LogP contribution is 2.31. The number of amides is 2. The summed E-state index contributed by atoms with van der Waals surface area (Å²) in [6.07, 6.45) is 6.55. The number of aromatic nitrogens is 1. The first-order chi connectivity index (χ1) is 10.7. The van der Waals surface area contributed by atoms with Crippen LogP contribution in [-0.2, 0) is 6.42 Å². The molecule has 3 rings (SSSR count). The third-order valence-electron chi connectivity index (χ3n) is 4.10. The van der Waals surface area contributed by atoms with Crippen LogP contribution in [0, 0.1) is 0 Å². The molecule has 3 heterocycles. The lowest BCUT2D eigenvalue weighted by Gasteiger charge is -2.27. The second-order valence-corrected chi connectivity index (χ2v) is 6.60. The summed E-state index contributed by atoms with van der Waals surface area (Å²) in [5, 5.41) is 7.35. The molecular formula is C17H21N3OS. The van der Waals surface area contributed by atoms with Crippen molar-refractivity contribution in [1.82, 2.24) is 15.2 Å². The van der Waals surface area contributed by atoms with Crippen molar-refractivity contribution in [3.05, 3.63) is 52.5 Å². The van der Waals surface area contributed by atoms with Crippen molar-refractivity contribution < 1.29 is 4.79 Å².